The second-order valence-corrected chi connectivity index (χ2v) is 9.58. The highest BCUT2D eigenvalue weighted by atomic mass is 35.5. The highest BCUT2D eigenvalue weighted by Crippen LogP contribution is 2.28. The molecule has 1 aliphatic heterocycles. The van der Waals surface area contributed by atoms with Gasteiger partial charge < -0.3 is 9.74 Å². The van der Waals surface area contributed by atoms with Crippen LogP contribution in [0.15, 0.2) is 76.8 Å². The van der Waals surface area contributed by atoms with Gasteiger partial charge in [-0.3, -0.25) is 4.79 Å². The van der Waals surface area contributed by atoms with E-state index in [1.807, 2.05) is 10.8 Å². The molecule has 0 aromatic heterocycles. The van der Waals surface area contributed by atoms with E-state index in [4.69, 9.17) is 16.4 Å². The number of amides is 1. The highest BCUT2D eigenvalue weighted by Gasteiger charge is 2.19. The number of nitrogens with zero attached hydrogens (tertiary/aromatic N) is 2. The number of likely N-dealkylation sites (N-methyl/N-ethyl adjacent to an activating group) is 1. The first kappa shape index (κ1) is 22.8. The van der Waals surface area contributed by atoms with Crippen molar-refractivity contribution in [1.82, 2.24) is 4.72 Å². The third kappa shape index (κ3) is 5.35. The van der Waals surface area contributed by atoms with Crippen LogP contribution in [-0.2, 0) is 16.4 Å². The van der Waals surface area contributed by atoms with Crippen LogP contribution in [0, 0.1) is 0 Å². The van der Waals surface area contributed by atoms with E-state index in [9.17, 15) is 13.2 Å². The monoisotopic (exact) mass is 483 g/mol. The Morgan fingerprint density at radius 2 is 1.85 bits per heavy atom. The third-order valence-electron chi connectivity index (χ3n) is 5.30. The number of carbonyl (C=O) groups is 1. The molecule has 1 amide bonds. The number of sulfonamides is 1. The second kappa shape index (κ2) is 9.64. The van der Waals surface area contributed by atoms with Crippen molar-refractivity contribution in [1.29, 1.82) is 0 Å². The molecule has 9 heteroatoms. The molecule has 170 valence electrons. The van der Waals surface area contributed by atoms with Crippen LogP contribution in [0.25, 0.3) is 0 Å². The molecule has 3 aromatic carbocycles. The lowest BCUT2D eigenvalue weighted by atomic mass is 10.1. The molecule has 4 rings (SSSR count). The number of halogens is 1. The second-order valence-electron chi connectivity index (χ2n) is 7.46. The van der Waals surface area contributed by atoms with Crippen LogP contribution in [0.3, 0.4) is 0 Å². The molecule has 0 aliphatic carbocycles. The van der Waals surface area contributed by atoms with Crippen molar-refractivity contribution in [3.05, 3.63) is 88.4 Å². The Kier molecular flexibility index (Phi) is 6.67. The lowest BCUT2D eigenvalue weighted by molar-refractivity contribution is 0.0981. The molecule has 1 heterocycles. The van der Waals surface area contributed by atoms with Gasteiger partial charge in [-0.25, -0.2) is 13.1 Å². The number of benzene rings is 3. The first-order chi connectivity index (χ1) is 15.9. The maximum Gasteiger partial charge on any atom is 0.265 e. The van der Waals surface area contributed by atoms with Crippen molar-refractivity contribution in [3.8, 4) is 5.75 Å². The van der Waals surface area contributed by atoms with Crippen molar-refractivity contribution in [2.75, 3.05) is 18.0 Å². The minimum atomic E-state index is -4.01. The van der Waals surface area contributed by atoms with E-state index in [1.165, 1.54) is 47.6 Å². The lowest BCUT2D eigenvalue weighted by Gasteiger charge is -2.16. The van der Waals surface area contributed by atoms with E-state index in [0.717, 1.165) is 25.1 Å². The van der Waals surface area contributed by atoms with Crippen molar-refractivity contribution >= 4 is 39.4 Å². The summed E-state index contributed by atoms with van der Waals surface area (Å²) in [4.78, 5) is 20.0. The average molecular weight is 484 g/mol. The van der Waals surface area contributed by atoms with Gasteiger partial charge in [-0.2, -0.15) is 0 Å². The number of hydrogen-bond donors (Lipinski definition) is 1. The maximum atomic E-state index is 12.4. The van der Waals surface area contributed by atoms with E-state index >= 15 is 0 Å². The van der Waals surface area contributed by atoms with Crippen molar-refractivity contribution in [2.24, 2.45) is 5.16 Å². The zero-order chi connectivity index (χ0) is 23.4. The number of fused-ring (bicyclic) bond motifs is 1. The van der Waals surface area contributed by atoms with Gasteiger partial charge in [0.2, 0.25) is 0 Å². The number of anilines is 1. The van der Waals surface area contributed by atoms with Crippen molar-refractivity contribution < 1.29 is 18.0 Å². The lowest BCUT2D eigenvalue weighted by Crippen LogP contribution is -2.30. The van der Waals surface area contributed by atoms with Gasteiger partial charge in [0.15, 0.2) is 5.75 Å². The summed E-state index contributed by atoms with van der Waals surface area (Å²) in [6, 6.07) is 17.7. The van der Waals surface area contributed by atoms with Crippen LogP contribution in [-0.4, -0.2) is 33.6 Å². The van der Waals surface area contributed by atoms with E-state index in [-0.39, 0.29) is 10.5 Å². The van der Waals surface area contributed by atoms with Gasteiger partial charge in [0.05, 0.1) is 11.1 Å². The molecule has 0 bridgehead atoms. The van der Waals surface area contributed by atoms with Crippen LogP contribution in [0.2, 0.25) is 5.02 Å². The number of carbonyl (C=O) groups excluding carboxylic acids is 1. The summed E-state index contributed by atoms with van der Waals surface area (Å²) in [5, 5.41) is 4.41. The van der Waals surface area contributed by atoms with Gasteiger partial charge >= 0.3 is 0 Å². The molecule has 0 radical (unpaired) electrons. The fourth-order valence-electron chi connectivity index (χ4n) is 3.57. The molecule has 0 atom stereocenters. The van der Waals surface area contributed by atoms with E-state index in [0.29, 0.717) is 10.8 Å². The van der Waals surface area contributed by atoms with Gasteiger partial charge in [-0.15, -0.1) is 0 Å². The minimum Gasteiger partial charge on any atom is -0.371 e. The zero-order valence-corrected chi connectivity index (χ0v) is 19.4. The molecule has 1 N–H and O–H groups in total. The molecule has 33 heavy (non-hydrogen) atoms. The van der Waals surface area contributed by atoms with E-state index < -0.39 is 15.9 Å². The zero-order valence-electron chi connectivity index (χ0n) is 17.9. The summed E-state index contributed by atoms with van der Waals surface area (Å²) >= 11 is 5.78. The number of nitrogens with one attached hydrogen (secondary N) is 1. The van der Waals surface area contributed by atoms with Crippen LogP contribution in [0.5, 0.6) is 5.75 Å². The molecule has 7 nitrogen and oxygen atoms in total. The smallest absolute Gasteiger partial charge is 0.265 e. The quantitative estimate of drug-likeness (QED) is 0.401. The van der Waals surface area contributed by atoms with Gasteiger partial charge in [0.25, 0.3) is 15.9 Å². The maximum absolute atomic E-state index is 12.4. The van der Waals surface area contributed by atoms with E-state index in [2.05, 4.69) is 29.1 Å². The Balaban J connectivity index is 1.36. The summed E-state index contributed by atoms with van der Waals surface area (Å²) < 4.78 is 26.7. The molecule has 1 aliphatic rings. The SMILES string of the molecule is CCN1CCc2cc(/C=N/Oc3ccc(C(=O)NS(=O)(=O)c4ccc(Cl)cc4)cc3)ccc21. The van der Waals surface area contributed by atoms with Crippen molar-refractivity contribution in [3.63, 3.8) is 0 Å². The standard InChI is InChI=1S/C24H22ClN3O4S/c1-2-28-14-13-19-15-17(3-12-23(19)28)16-26-32-21-8-4-18(5-9-21)24(29)27-33(30,31)22-10-6-20(25)7-11-22/h3-12,15-16H,2,13-14H2,1H3,(H,27,29)/b26-16+. The first-order valence-electron chi connectivity index (χ1n) is 10.4. The van der Waals surface area contributed by atoms with Gasteiger partial charge in [0.1, 0.15) is 0 Å². The van der Waals surface area contributed by atoms with Crippen molar-refractivity contribution in [2.45, 2.75) is 18.2 Å². The summed E-state index contributed by atoms with van der Waals surface area (Å²) in [6.07, 6.45) is 2.65. The van der Waals surface area contributed by atoms with Gasteiger partial charge in [0, 0.05) is 29.4 Å². The van der Waals surface area contributed by atoms with Crippen LogP contribution in [0.1, 0.15) is 28.4 Å². The Bertz CT molecular complexity index is 1290. The first-order valence-corrected chi connectivity index (χ1v) is 12.2. The Hall–Kier alpha value is -3.36. The molecule has 0 saturated carbocycles. The minimum absolute atomic E-state index is 0.0523. The molecule has 3 aromatic rings. The molecule has 0 saturated heterocycles. The predicted octanol–water partition coefficient (Wildman–Crippen LogP) is 4.25. The summed E-state index contributed by atoms with van der Waals surface area (Å²) in [6.45, 7) is 4.17. The average Bonchev–Trinajstić information content (AvgIpc) is 3.22. The molecule has 0 spiro atoms. The molecular weight excluding hydrogens is 462 g/mol. The molecule has 0 fully saturated rings. The number of rotatable bonds is 7. The normalized spacial score (nSPS) is 13.2. The topological polar surface area (TPSA) is 88.1 Å². The van der Waals surface area contributed by atoms with Crippen LogP contribution >= 0.6 is 11.6 Å². The summed E-state index contributed by atoms with van der Waals surface area (Å²) in [5.41, 5.74) is 3.67. The van der Waals surface area contributed by atoms with Crippen LogP contribution in [0.4, 0.5) is 5.69 Å². The Morgan fingerprint density at radius 3 is 2.55 bits per heavy atom. The van der Waals surface area contributed by atoms with Crippen LogP contribution < -0.4 is 14.5 Å². The largest absolute Gasteiger partial charge is 0.371 e. The number of oxime groups is 1. The highest BCUT2D eigenvalue weighted by molar-refractivity contribution is 7.90. The van der Waals surface area contributed by atoms with Gasteiger partial charge in [-0.1, -0.05) is 22.8 Å². The van der Waals surface area contributed by atoms with Gasteiger partial charge in [-0.05, 0) is 85.1 Å². The molecular formula is C24H22ClN3O4S. The fraction of sp³-hybridized carbons (Fsp3) is 0.167. The summed E-state index contributed by atoms with van der Waals surface area (Å²) in [5.74, 6) is -0.332. The Labute approximate surface area is 197 Å². The predicted molar refractivity (Wildman–Crippen MR) is 129 cm³/mol. The molecule has 0 unspecified atom stereocenters. The third-order valence-corrected chi connectivity index (χ3v) is 6.90. The summed E-state index contributed by atoms with van der Waals surface area (Å²) in [7, 11) is -4.01. The fourth-order valence-corrected chi connectivity index (χ4v) is 4.67. The number of hydrogen-bond acceptors (Lipinski definition) is 6. The Morgan fingerprint density at radius 1 is 1.12 bits per heavy atom. The van der Waals surface area contributed by atoms with E-state index in [1.54, 1.807) is 18.3 Å².